The van der Waals surface area contributed by atoms with Crippen LogP contribution in [0, 0.1) is 5.92 Å². The average molecular weight is 300 g/mol. The van der Waals surface area contributed by atoms with Crippen LogP contribution in [0.1, 0.15) is 49.7 Å². The van der Waals surface area contributed by atoms with E-state index in [1.807, 2.05) is 11.3 Å². The van der Waals surface area contributed by atoms with E-state index in [0.717, 1.165) is 19.0 Å². The molecule has 0 spiro atoms. The molecule has 3 rings (SSSR count). The second-order valence-corrected chi connectivity index (χ2v) is 7.38. The van der Waals surface area contributed by atoms with E-state index >= 15 is 0 Å². The van der Waals surface area contributed by atoms with Crippen molar-refractivity contribution in [1.29, 1.82) is 0 Å². The predicted octanol–water partition coefficient (Wildman–Crippen LogP) is 4.82. The molecule has 1 aromatic heterocycles. The predicted molar refractivity (Wildman–Crippen MR) is 90.7 cm³/mol. The molecule has 1 saturated carbocycles. The van der Waals surface area contributed by atoms with Crippen LogP contribution < -0.4 is 5.32 Å². The number of hydrogen-bond acceptors (Lipinski definition) is 3. The summed E-state index contributed by atoms with van der Waals surface area (Å²) in [6.45, 7) is 6.41. The largest absolute Gasteiger partial charge is 0.311 e. The third kappa shape index (κ3) is 3.53. The van der Waals surface area contributed by atoms with E-state index in [4.69, 9.17) is 4.98 Å². The first-order valence-corrected chi connectivity index (χ1v) is 8.81. The first-order valence-electron chi connectivity index (χ1n) is 7.99. The van der Waals surface area contributed by atoms with Gasteiger partial charge in [-0.05, 0) is 30.9 Å². The Morgan fingerprint density at radius 3 is 2.62 bits per heavy atom. The molecule has 1 N–H and O–H groups in total. The highest BCUT2D eigenvalue weighted by molar-refractivity contribution is 7.15. The molecule has 0 amide bonds. The molecule has 0 atom stereocenters. The van der Waals surface area contributed by atoms with Crippen molar-refractivity contribution in [2.45, 2.75) is 45.6 Å². The van der Waals surface area contributed by atoms with E-state index < -0.39 is 0 Å². The molecular weight excluding hydrogens is 276 g/mol. The number of aromatic nitrogens is 1. The Kier molecular flexibility index (Phi) is 4.71. The molecule has 21 heavy (non-hydrogen) atoms. The fourth-order valence-corrected chi connectivity index (χ4v) is 3.87. The molecule has 2 aromatic rings. The lowest BCUT2D eigenvalue weighted by molar-refractivity contribution is 0.417. The Morgan fingerprint density at radius 2 is 2.00 bits per heavy atom. The second kappa shape index (κ2) is 6.71. The summed E-state index contributed by atoms with van der Waals surface area (Å²) in [5.74, 6) is 1.39. The number of benzene rings is 1. The lowest BCUT2D eigenvalue weighted by Crippen LogP contribution is -2.19. The van der Waals surface area contributed by atoms with Crippen molar-refractivity contribution < 1.29 is 0 Å². The van der Waals surface area contributed by atoms with E-state index in [9.17, 15) is 0 Å². The molecule has 112 valence electrons. The van der Waals surface area contributed by atoms with Gasteiger partial charge in [-0.15, -0.1) is 11.3 Å². The summed E-state index contributed by atoms with van der Waals surface area (Å²) in [6, 6.07) is 10.7. The van der Waals surface area contributed by atoms with Crippen molar-refractivity contribution in [3.05, 3.63) is 41.0 Å². The van der Waals surface area contributed by atoms with E-state index in [-0.39, 0.29) is 0 Å². The van der Waals surface area contributed by atoms with E-state index in [2.05, 4.69) is 49.5 Å². The molecule has 0 saturated heterocycles. The van der Waals surface area contributed by atoms with Crippen molar-refractivity contribution >= 4 is 11.3 Å². The van der Waals surface area contributed by atoms with Crippen LogP contribution in [0.25, 0.3) is 10.4 Å². The van der Waals surface area contributed by atoms with Gasteiger partial charge in [-0.25, -0.2) is 4.98 Å². The summed E-state index contributed by atoms with van der Waals surface area (Å²) in [6.07, 6.45) is 4.01. The molecule has 1 fully saturated rings. The van der Waals surface area contributed by atoms with Gasteiger partial charge >= 0.3 is 0 Å². The molecule has 1 aromatic carbocycles. The smallest absolute Gasteiger partial charge is 0.0966 e. The highest BCUT2D eigenvalue weighted by Gasteiger charge is 2.24. The van der Waals surface area contributed by atoms with Crippen LogP contribution in [0.15, 0.2) is 30.3 Å². The lowest BCUT2D eigenvalue weighted by atomic mass is 9.86. The molecule has 3 heteroatoms. The lowest BCUT2D eigenvalue weighted by Gasteiger charge is -2.22. The maximum absolute atomic E-state index is 4.96. The Bertz CT molecular complexity index is 570. The maximum Gasteiger partial charge on any atom is 0.0966 e. The Balaban J connectivity index is 1.83. The summed E-state index contributed by atoms with van der Waals surface area (Å²) >= 11 is 1.90. The van der Waals surface area contributed by atoms with Gasteiger partial charge in [-0.2, -0.15) is 0 Å². The Labute approximate surface area is 131 Å². The van der Waals surface area contributed by atoms with Gasteiger partial charge in [0.15, 0.2) is 0 Å². The van der Waals surface area contributed by atoms with Crippen molar-refractivity contribution in [3.63, 3.8) is 0 Å². The molecule has 1 aliphatic rings. The summed E-state index contributed by atoms with van der Waals surface area (Å²) in [5.41, 5.74) is 2.54. The minimum atomic E-state index is 0.676. The van der Waals surface area contributed by atoms with Crippen molar-refractivity contribution in [2.24, 2.45) is 5.92 Å². The quantitative estimate of drug-likeness (QED) is 0.827. The third-order valence-corrected chi connectivity index (χ3v) is 5.36. The van der Waals surface area contributed by atoms with Crippen LogP contribution in [0.5, 0.6) is 0 Å². The first kappa shape index (κ1) is 14.7. The SMILES string of the molecule is CC(C)CNCc1nc(C2CCC2)sc1-c1ccccc1. The van der Waals surface area contributed by atoms with Gasteiger partial charge in [-0.3, -0.25) is 0 Å². The summed E-state index contributed by atoms with van der Waals surface area (Å²) in [5, 5.41) is 4.89. The molecule has 0 radical (unpaired) electrons. The van der Waals surface area contributed by atoms with Gasteiger partial charge in [-0.1, -0.05) is 50.6 Å². The van der Waals surface area contributed by atoms with Crippen molar-refractivity contribution in [1.82, 2.24) is 10.3 Å². The summed E-state index contributed by atoms with van der Waals surface area (Å²) < 4.78 is 0. The Hall–Kier alpha value is -1.19. The average Bonchev–Trinajstić information content (AvgIpc) is 2.81. The second-order valence-electron chi connectivity index (χ2n) is 6.35. The number of rotatable bonds is 6. The minimum Gasteiger partial charge on any atom is -0.311 e. The van der Waals surface area contributed by atoms with Crippen LogP contribution in [-0.4, -0.2) is 11.5 Å². The minimum absolute atomic E-state index is 0.676. The number of nitrogens with one attached hydrogen (secondary N) is 1. The highest BCUT2D eigenvalue weighted by Crippen LogP contribution is 2.41. The number of nitrogens with zero attached hydrogens (tertiary/aromatic N) is 1. The van der Waals surface area contributed by atoms with Crippen LogP contribution in [0.4, 0.5) is 0 Å². The van der Waals surface area contributed by atoms with Crippen molar-refractivity contribution in [3.8, 4) is 10.4 Å². The van der Waals surface area contributed by atoms with Crippen LogP contribution >= 0.6 is 11.3 Å². The summed E-state index contributed by atoms with van der Waals surface area (Å²) in [4.78, 5) is 6.32. The van der Waals surface area contributed by atoms with E-state index in [1.165, 1.54) is 40.4 Å². The maximum atomic E-state index is 4.96. The first-order chi connectivity index (χ1) is 10.2. The van der Waals surface area contributed by atoms with Crippen LogP contribution in [0.2, 0.25) is 0 Å². The Morgan fingerprint density at radius 1 is 1.24 bits per heavy atom. The molecule has 0 bridgehead atoms. The molecule has 2 nitrogen and oxygen atoms in total. The van der Waals surface area contributed by atoms with Crippen LogP contribution in [-0.2, 0) is 6.54 Å². The van der Waals surface area contributed by atoms with Gasteiger partial charge in [0.05, 0.1) is 15.6 Å². The monoisotopic (exact) mass is 300 g/mol. The van der Waals surface area contributed by atoms with Crippen molar-refractivity contribution in [2.75, 3.05) is 6.54 Å². The van der Waals surface area contributed by atoms with Gasteiger partial charge in [0, 0.05) is 12.5 Å². The van der Waals surface area contributed by atoms with Gasteiger partial charge < -0.3 is 5.32 Å². The molecule has 1 heterocycles. The molecule has 0 aliphatic heterocycles. The zero-order valence-electron chi connectivity index (χ0n) is 12.9. The number of hydrogen-bond donors (Lipinski definition) is 1. The fraction of sp³-hybridized carbons (Fsp3) is 0.500. The van der Waals surface area contributed by atoms with Gasteiger partial charge in [0.2, 0.25) is 0 Å². The molecular formula is C18H24N2S. The normalized spacial score (nSPS) is 15.4. The van der Waals surface area contributed by atoms with E-state index in [1.54, 1.807) is 0 Å². The van der Waals surface area contributed by atoms with E-state index in [0.29, 0.717) is 5.92 Å². The standard InChI is InChI=1S/C18H24N2S/c1-13(2)11-19-12-16-17(14-7-4-3-5-8-14)21-18(20-16)15-9-6-10-15/h3-5,7-8,13,15,19H,6,9-12H2,1-2H3. The topological polar surface area (TPSA) is 24.9 Å². The zero-order chi connectivity index (χ0) is 14.7. The van der Waals surface area contributed by atoms with Gasteiger partial charge in [0.1, 0.15) is 0 Å². The van der Waals surface area contributed by atoms with Gasteiger partial charge in [0.25, 0.3) is 0 Å². The molecule has 1 aliphatic carbocycles. The highest BCUT2D eigenvalue weighted by atomic mass is 32.1. The fourth-order valence-electron chi connectivity index (χ4n) is 2.61. The third-order valence-electron chi connectivity index (χ3n) is 4.05. The van der Waals surface area contributed by atoms with Crippen LogP contribution in [0.3, 0.4) is 0 Å². The summed E-state index contributed by atoms with van der Waals surface area (Å²) in [7, 11) is 0. The molecule has 0 unspecified atom stereocenters. The number of thiazole rings is 1. The zero-order valence-corrected chi connectivity index (χ0v) is 13.7.